The number of methoxy groups -OCH3 is 1. The lowest BCUT2D eigenvalue weighted by atomic mass is 9.84. The highest BCUT2D eigenvalue weighted by molar-refractivity contribution is 7.14. The molecule has 0 spiro atoms. The first-order chi connectivity index (χ1) is 9.65. The lowest BCUT2D eigenvalue weighted by Gasteiger charge is -2.30. The molecule has 5 heteroatoms. The number of carbonyl (C=O) groups is 1. The van der Waals surface area contributed by atoms with Crippen LogP contribution in [0.5, 0.6) is 5.75 Å². The van der Waals surface area contributed by atoms with E-state index < -0.39 is 0 Å². The van der Waals surface area contributed by atoms with Crippen LogP contribution in [0.2, 0.25) is 0 Å². The number of hydrogen-bond donors (Lipinski definition) is 2. The monoisotopic (exact) mass is 296 g/mol. The Kier molecular flexibility index (Phi) is 5.43. The van der Waals surface area contributed by atoms with Crippen LogP contribution < -0.4 is 15.8 Å². The lowest BCUT2D eigenvalue weighted by Crippen LogP contribution is -2.45. The average Bonchev–Trinajstić information content (AvgIpc) is 2.86. The minimum atomic E-state index is -0.0547. The van der Waals surface area contributed by atoms with Crippen LogP contribution in [0.15, 0.2) is 6.07 Å². The Morgan fingerprint density at radius 1 is 1.50 bits per heavy atom. The van der Waals surface area contributed by atoms with Gasteiger partial charge in [0.2, 0.25) is 0 Å². The predicted molar refractivity (Wildman–Crippen MR) is 82.5 cm³/mol. The summed E-state index contributed by atoms with van der Waals surface area (Å²) in [6, 6.07) is 1.98. The molecule has 1 aromatic rings. The molecule has 1 heterocycles. The van der Waals surface area contributed by atoms with Crippen LogP contribution in [-0.4, -0.2) is 25.6 Å². The van der Waals surface area contributed by atoms with E-state index in [0.29, 0.717) is 23.1 Å². The summed E-state index contributed by atoms with van der Waals surface area (Å²) < 4.78 is 5.27. The minimum absolute atomic E-state index is 0.0547. The zero-order valence-corrected chi connectivity index (χ0v) is 13.1. The fourth-order valence-corrected chi connectivity index (χ4v) is 3.82. The first-order valence-electron chi connectivity index (χ1n) is 7.31. The number of rotatable bonds is 5. The Hall–Kier alpha value is -1.07. The van der Waals surface area contributed by atoms with Gasteiger partial charge >= 0.3 is 0 Å². The molecule has 0 saturated heterocycles. The van der Waals surface area contributed by atoms with Gasteiger partial charge in [-0.2, -0.15) is 0 Å². The van der Waals surface area contributed by atoms with E-state index in [-0.39, 0.29) is 11.9 Å². The molecule has 4 nitrogen and oxygen atoms in total. The number of aryl methyl sites for hydroxylation is 1. The number of hydrogen-bond acceptors (Lipinski definition) is 4. The molecule has 1 amide bonds. The maximum atomic E-state index is 12.4. The Bertz CT molecular complexity index is 453. The molecular weight excluding hydrogens is 272 g/mol. The Balaban J connectivity index is 2.04. The SMILES string of the molecule is COc1cc(C)sc1C(=O)NC(CN)C1CCCCC1. The van der Waals surface area contributed by atoms with Gasteiger partial charge in [-0.05, 0) is 31.7 Å². The lowest BCUT2D eigenvalue weighted by molar-refractivity contribution is 0.0917. The standard InChI is InChI=1S/C15H24N2O2S/c1-10-8-13(19-2)14(20-10)15(18)17-12(9-16)11-6-4-3-5-7-11/h8,11-12H,3-7,9,16H2,1-2H3,(H,17,18). The fourth-order valence-electron chi connectivity index (χ4n) is 2.94. The van der Waals surface area contributed by atoms with Crippen LogP contribution in [0.4, 0.5) is 0 Å². The summed E-state index contributed by atoms with van der Waals surface area (Å²) >= 11 is 1.47. The van der Waals surface area contributed by atoms with Gasteiger partial charge in [0.1, 0.15) is 10.6 Å². The van der Waals surface area contributed by atoms with E-state index in [0.717, 1.165) is 4.88 Å². The number of amides is 1. The molecule has 2 rings (SSSR count). The quantitative estimate of drug-likeness (QED) is 0.878. The number of nitrogens with two attached hydrogens (primary N) is 1. The van der Waals surface area contributed by atoms with Crippen molar-refractivity contribution < 1.29 is 9.53 Å². The smallest absolute Gasteiger partial charge is 0.265 e. The topological polar surface area (TPSA) is 64.3 Å². The molecule has 1 atom stereocenters. The molecule has 0 aromatic carbocycles. The van der Waals surface area contributed by atoms with E-state index >= 15 is 0 Å². The van der Waals surface area contributed by atoms with Crippen LogP contribution in [-0.2, 0) is 0 Å². The average molecular weight is 296 g/mol. The van der Waals surface area contributed by atoms with Gasteiger partial charge in [0.15, 0.2) is 0 Å². The third kappa shape index (κ3) is 3.52. The zero-order chi connectivity index (χ0) is 14.5. The molecule has 1 fully saturated rings. The second-order valence-corrected chi connectivity index (χ2v) is 6.72. The van der Waals surface area contributed by atoms with Gasteiger partial charge in [0.05, 0.1) is 7.11 Å². The summed E-state index contributed by atoms with van der Waals surface area (Å²) in [5.41, 5.74) is 5.86. The van der Waals surface area contributed by atoms with Crippen LogP contribution in [0.25, 0.3) is 0 Å². The van der Waals surface area contributed by atoms with Crippen molar-refractivity contribution in [3.05, 3.63) is 15.8 Å². The molecule has 3 N–H and O–H groups in total. The van der Waals surface area contributed by atoms with E-state index in [2.05, 4.69) is 5.32 Å². The summed E-state index contributed by atoms with van der Waals surface area (Å²) in [6.07, 6.45) is 6.14. The summed E-state index contributed by atoms with van der Waals surface area (Å²) in [7, 11) is 1.60. The van der Waals surface area contributed by atoms with E-state index in [1.165, 1.54) is 43.4 Å². The maximum absolute atomic E-state index is 12.4. The third-order valence-corrected chi connectivity index (χ3v) is 5.07. The predicted octanol–water partition coefficient (Wildman–Crippen LogP) is 2.70. The van der Waals surface area contributed by atoms with E-state index in [1.54, 1.807) is 7.11 Å². The highest BCUT2D eigenvalue weighted by atomic mass is 32.1. The summed E-state index contributed by atoms with van der Waals surface area (Å²) in [6.45, 7) is 2.48. The van der Waals surface area contributed by atoms with Crippen LogP contribution >= 0.6 is 11.3 Å². The van der Waals surface area contributed by atoms with Crippen molar-refractivity contribution in [3.63, 3.8) is 0 Å². The van der Waals surface area contributed by atoms with Gasteiger partial charge in [0.25, 0.3) is 5.91 Å². The molecule has 1 aliphatic carbocycles. The Morgan fingerprint density at radius 2 is 2.20 bits per heavy atom. The van der Waals surface area contributed by atoms with Crippen molar-refractivity contribution in [1.82, 2.24) is 5.32 Å². The van der Waals surface area contributed by atoms with Crippen molar-refractivity contribution in [2.45, 2.75) is 45.1 Å². The van der Waals surface area contributed by atoms with Crippen LogP contribution in [0.3, 0.4) is 0 Å². The van der Waals surface area contributed by atoms with E-state index in [1.807, 2.05) is 13.0 Å². The minimum Gasteiger partial charge on any atom is -0.495 e. The second kappa shape index (κ2) is 7.09. The summed E-state index contributed by atoms with van der Waals surface area (Å²) in [5, 5.41) is 3.11. The van der Waals surface area contributed by atoms with Crippen LogP contribution in [0, 0.1) is 12.8 Å². The van der Waals surface area contributed by atoms with Gasteiger partial charge in [-0.25, -0.2) is 0 Å². The molecular formula is C15H24N2O2S. The highest BCUT2D eigenvalue weighted by Gasteiger charge is 2.26. The number of thiophene rings is 1. The first kappa shape index (κ1) is 15.3. The van der Waals surface area contributed by atoms with Crippen molar-refractivity contribution in [2.75, 3.05) is 13.7 Å². The van der Waals surface area contributed by atoms with Gasteiger partial charge in [-0.3, -0.25) is 4.79 Å². The molecule has 1 unspecified atom stereocenters. The molecule has 0 bridgehead atoms. The second-order valence-electron chi connectivity index (χ2n) is 5.47. The van der Waals surface area contributed by atoms with Crippen molar-refractivity contribution in [3.8, 4) is 5.75 Å². The van der Waals surface area contributed by atoms with Gasteiger partial charge < -0.3 is 15.8 Å². The van der Waals surface area contributed by atoms with Crippen molar-refractivity contribution in [1.29, 1.82) is 0 Å². The fraction of sp³-hybridized carbons (Fsp3) is 0.667. The van der Waals surface area contributed by atoms with Crippen LogP contribution in [0.1, 0.15) is 46.7 Å². The number of ether oxygens (including phenoxy) is 1. The van der Waals surface area contributed by atoms with Crippen molar-refractivity contribution in [2.24, 2.45) is 11.7 Å². The third-order valence-electron chi connectivity index (χ3n) is 4.04. The largest absolute Gasteiger partial charge is 0.495 e. The number of nitrogens with one attached hydrogen (secondary N) is 1. The summed E-state index contributed by atoms with van der Waals surface area (Å²) in [5.74, 6) is 1.12. The van der Waals surface area contributed by atoms with E-state index in [4.69, 9.17) is 10.5 Å². The Morgan fingerprint density at radius 3 is 2.80 bits per heavy atom. The molecule has 20 heavy (non-hydrogen) atoms. The summed E-state index contributed by atoms with van der Waals surface area (Å²) in [4.78, 5) is 14.1. The van der Waals surface area contributed by atoms with Gasteiger partial charge in [-0.1, -0.05) is 19.3 Å². The highest BCUT2D eigenvalue weighted by Crippen LogP contribution is 2.30. The maximum Gasteiger partial charge on any atom is 0.265 e. The molecule has 1 aromatic heterocycles. The molecule has 1 saturated carbocycles. The van der Waals surface area contributed by atoms with E-state index in [9.17, 15) is 4.79 Å². The molecule has 0 radical (unpaired) electrons. The zero-order valence-electron chi connectivity index (χ0n) is 12.3. The Labute approximate surface area is 124 Å². The first-order valence-corrected chi connectivity index (χ1v) is 8.12. The molecule has 1 aliphatic rings. The van der Waals surface area contributed by atoms with Crippen molar-refractivity contribution >= 4 is 17.2 Å². The normalized spacial score (nSPS) is 17.8. The molecule has 112 valence electrons. The van der Waals surface area contributed by atoms with Gasteiger partial charge in [0, 0.05) is 17.5 Å². The van der Waals surface area contributed by atoms with Gasteiger partial charge in [-0.15, -0.1) is 11.3 Å². The number of carbonyl (C=O) groups excluding carboxylic acids is 1. The molecule has 0 aliphatic heterocycles.